The zero-order valence-corrected chi connectivity index (χ0v) is 15.6. The number of nitrogens with zero attached hydrogens (tertiary/aromatic N) is 2. The largest absolute Gasteiger partial charge is 0.490 e. The van der Waals surface area contributed by atoms with E-state index in [-0.39, 0.29) is 0 Å². The highest BCUT2D eigenvalue weighted by molar-refractivity contribution is 6.02. The van der Waals surface area contributed by atoms with Crippen molar-refractivity contribution in [1.82, 2.24) is 20.3 Å². The van der Waals surface area contributed by atoms with E-state index in [1.807, 2.05) is 30.6 Å². The molecule has 5 heteroatoms. The maximum Gasteiger partial charge on any atom is 0.146 e. The van der Waals surface area contributed by atoms with E-state index in [0.717, 1.165) is 52.1 Å². The van der Waals surface area contributed by atoms with Gasteiger partial charge in [0.25, 0.3) is 0 Å². The average molecular weight is 370 g/mol. The van der Waals surface area contributed by atoms with Crippen LogP contribution in [0.1, 0.15) is 12.8 Å². The Kier molecular flexibility index (Phi) is 4.51. The van der Waals surface area contributed by atoms with Gasteiger partial charge < -0.3 is 15.0 Å². The maximum atomic E-state index is 6.20. The van der Waals surface area contributed by atoms with E-state index in [2.05, 4.69) is 50.6 Å². The first-order valence-corrected chi connectivity index (χ1v) is 9.73. The summed E-state index contributed by atoms with van der Waals surface area (Å²) in [6.07, 6.45) is 7.81. The van der Waals surface area contributed by atoms with Crippen molar-refractivity contribution < 1.29 is 4.74 Å². The van der Waals surface area contributed by atoms with Crippen molar-refractivity contribution >= 4 is 11.0 Å². The van der Waals surface area contributed by atoms with Gasteiger partial charge in [0.1, 0.15) is 12.4 Å². The SMILES string of the molecule is c1ccc(-c2c(-c3ccncc3OC[C@@H]3CCCN3)[nH]c3cccnc23)cc1. The molecule has 3 aromatic heterocycles. The van der Waals surface area contributed by atoms with Gasteiger partial charge in [0.05, 0.1) is 22.9 Å². The predicted octanol–water partition coefficient (Wildman–Crippen LogP) is 4.42. The van der Waals surface area contributed by atoms with Crippen molar-refractivity contribution in [2.45, 2.75) is 18.9 Å². The Morgan fingerprint density at radius 2 is 1.96 bits per heavy atom. The van der Waals surface area contributed by atoms with Gasteiger partial charge in [-0.25, -0.2) is 0 Å². The number of H-pyrrole nitrogens is 1. The summed E-state index contributed by atoms with van der Waals surface area (Å²) in [7, 11) is 0. The van der Waals surface area contributed by atoms with Crippen LogP contribution in [-0.2, 0) is 0 Å². The summed E-state index contributed by atoms with van der Waals surface area (Å²) >= 11 is 0. The quantitative estimate of drug-likeness (QED) is 0.546. The standard InChI is InChI=1S/C23H22N4O/c1-2-6-16(7-3-1)21-22(27-19-9-5-12-26-23(19)21)18-10-13-24-14-20(18)28-15-17-8-4-11-25-17/h1-3,5-7,9-10,12-14,17,25,27H,4,8,11,15H2/t17-/m0/s1. The van der Waals surface area contributed by atoms with Gasteiger partial charge in [-0.1, -0.05) is 30.3 Å². The molecule has 0 bridgehead atoms. The van der Waals surface area contributed by atoms with Crippen LogP contribution in [0.2, 0.25) is 0 Å². The number of benzene rings is 1. The third kappa shape index (κ3) is 3.14. The highest BCUT2D eigenvalue weighted by Crippen LogP contribution is 2.40. The second kappa shape index (κ2) is 7.44. The van der Waals surface area contributed by atoms with Crippen LogP contribution in [0, 0.1) is 0 Å². The summed E-state index contributed by atoms with van der Waals surface area (Å²) in [5, 5.41) is 3.48. The van der Waals surface area contributed by atoms with E-state index in [1.54, 1.807) is 6.20 Å². The first kappa shape index (κ1) is 17.0. The number of aromatic amines is 1. The van der Waals surface area contributed by atoms with Gasteiger partial charge >= 0.3 is 0 Å². The Balaban J connectivity index is 1.62. The van der Waals surface area contributed by atoms with Gasteiger partial charge in [0.2, 0.25) is 0 Å². The summed E-state index contributed by atoms with van der Waals surface area (Å²) in [5.74, 6) is 0.792. The lowest BCUT2D eigenvalue weighted by Gasteiger charge is -2.15. The molecule has 0 saturated carbocycles. The fraction of sp³-hybridized carbons (Fsp3) is 0.217. The van der Waals surface area contributed by atoms with Crippen LogP contribution in [0.15, 0.2) is 67.1 Å². The van der Waals surface area contributed by atoms with Crippen LogP contribution in [0.4, 0.5) is 0 Å². The molecule has 140 valence electrons. The minimum atomic E-state index is 0.408. The zero-order chi connectivity index (χ0) is 18.8. The van der Waals surface area contributed by atoms with E-state index < -0.39 is 0 Å². The van der Waals surface area contributed by atoms with Crippen LogP contribution in [0.5, 0.6) is 5.75 Å². The number of pyridine rings is 2. The van der Waals surface area contributed by atoms with Gasteiger partial charge in [-0.05, 0) is 43.1 Å². The summed E-state index contributed by atoms with van der Waals surface area (Å²) in [6.45, 7) is 1.72. The Hall–Kier alpha value is -3.18. The molecule has 4 aromatic rings. The first-order chi connectivity index (χ1) is 13.9. The predicted molar refractivity (Wildman–Crippen MR) is 111 cm³/mol. The van der Waals surface area contributed by atoms with E-state index in [4.69, 9.17) is 4.74 Å². The fourth-order valence-electron chi connectivity index (χ4n) is 3.90. The molecule has 1 aliphatic rings. The molecule has 5 rings (SSSR count). The number of rotatable bonds is 5. The molecule has 1 atom stereocenters. The minimum absolute atomic E-state index is 0.408. The van der Waals surface area contributed by atoms with Crippen molar-refractivity contribution in [2.24, 2.45) is 0 Å². The van der Waals surface area contributed by atoms with Crippen molar-refractivity contribution in [3.05, 3.63) is 67.1 Å². The molecule has 0 spiro atoms. The second-order valence-corrected chi connectivity index (χ2v) is 7.12. The molecule has 2 N–H and O–H groups in total. The molecule has 1 aromatic carbocycles. The highest BCUT2D eigenvalue weighted by atomic mass is 16.5. The van der Waals surface area contributed by atoms with Crippen molar-refractivity contribution in [1.29, 1.82) is 0 Å². The van der Waals surface area contributed by atoms with Crippen molar-refractivity contribution in [2.75, 3.05) is 13.2 Å². The van der Waals surface area contributed by atoms with Crippen LogP contribution < -0.4 is 10.1 Å². The Bertz CT molecular complexity index is 1080. The lowest BCUT2D eigenvalue weighted by atomic mass is 10.0. The lowest BCUT2D eigenvalue weighted by Crippen LogP contribution is -2.28. The molecule has 0 radical (unpaired) electrons. The second-order valence-electron chi connectivity index (χ2n) is 7.12. The van der Waals surface area contributed by atoms with Gasteiger partial charge in [-0.3, -0.25) is 9.97 Å². The molecular weight excluding hydrogens is 348 g/mol. The molecule has 4 heterocycles. The van der Waals surface area contributed by atoms with Crippen molar-refractivity contribution in [3.63, 3.8) is 0 Å². The molecule has 28 heavy (non-hydrogen) atoms. The molecule has 1 fully saturated rings. The first-order valence-electron chi connectivity index (χ1n) is 9.73. The van der Waals surface area contributed by atoms with Crippen molar-refractivity contribution in [3.8, 4) is 28.1 Å². The summed E-state index contributed by atoms with van der Waals surface area (Å²) < 4.78 is 6.20. The van der Waals surface area contributed by atoms with Crippen LogP contribution in [0.3, 0.4) is 0 Å². The molecule has 0 aliphatic carbocycles. The molecule has 1 aliphatic heterocycles. The van der Waals surface area contributed by atoms with E-state index >= 15 is 0 Å². The normalized spacial score (nSPS) is 16.5. The maximum absolute atomic E-state index is 6.20. The number of hydrogen-bond donors (Lipinski definition) is 2. The Morgan fingerprint density at radius 1 is 1.04 bits per heavy atom. The Labute approximate surface area is 163 Å². The van der Waals surface area contributed by atoms with Gasteiger partial charge in [-0.2, -0.15) is 0 Å². The molecule has 5 nitrogen and oxygen atoms in total. The number of nitrogens with one attached hydrogen (secondary N) is 2. The number of hydrogen-bond acceptors (Lipinski definition) is 4. The van der Waals surface area contributed by atoms with Gasteiger partial charge in [-0.15, -0.1) is 0 Å². The number of aromatic nitrogens is 3. The number of fused-ring (bicyclic) bond motifs is 1. The zero-order valence-electron chi connectivity index (χ0n) is 15.6. The molecule has 0 amide bonds. The van der Waals surface area contributed by atoms with Crippen LogP contribution >= 0.6 is 0 Å². The topological polar surface area (TPSA) is 62.8 Å². The third-order valence-electron chi connectivity index (χ3n) is 5.27. The smallest absolute Gasteiger partial charge is 0.146 e. The minimum Gasteiger partial charge on any atom is -0.490 e. The number of ether oxygens (including phenoxy) is 1. The fourth-order valence-corrected chi connectivity index (χ4v) is 3.90. The van der Waals surface area contributed by atoms with Crippen LogP contribution in [0.25, 0.3) is 33.4 Å². The van der Waals surface area contributed by atoms with Gasteiger partial charge in [0, 0.05) is 29.6 Å². The lowest BCUT2D eigenvalue weighted by molar-refractivity contribution is 0.277. The third-order valence-corrected chi connectivity index (χ3v) is 5.27. The van der Waals surface area contributed by atoms with E-state index in [9.17, 15) is 0 Å². The molecule has 0 unspecified atom stereocenters. The highest BCUT2D eigenvalue weighted by Gasteiger charge is 2.20. The summed E-state index contributed by atoms with van der Waals surface area (Å²) in [5.41, 5.74) is 6.20. The summed E-state index contributed by atoms with van der Waals surface area (Å²) in [4.78, 5) is 12.5. The van der Waals surface area contributed by atoms with E-state index in [1.165, 1.54) is 6.42 Å². The van der Waals surface area contributed by atoms with Crippen LogP contribution in [-0.4, -0.2) is 34.1 Å². The molecular formula is C23H22N4O. The van der Waals surface area contributed by atoms with E-state index in [0.29, 0.717) is 12.6 Å². The average Bonchev–Trinajstić information content (AvgIpc) is 3.41. The molecule has 1 saturated heterocycles. The monoisotopic (exact) mass is 370 g/mol. The summed E-state index contributed by atoms with van der Waals surface area (Å²) in [6, 6.07) is 16.8. The Morgan fingerprint density at radius 3 is 2.82 bits per heavy atom. The van der Waals surface area contributed by atoms with Gasteiger partial charge in [0.15, 0.2) is 0 Å².